The van der Waals surface area contributed by atoms with Gasteiger partial charge in [-0.15, -0.1) is 0 Å². The molecular formula is C21H36O4. The Labute approximate surface area is 153 Å². The highest BCUT2D eigenvalue weighted by Crippen LogP contribution is 2.33. The van der Waals surface area contributed by atoms with Gasteiger partial charge in [-0.2, -0.15) is 0 Å². The molecule has 4 heteroatoms. The van der Waals surface area contributed by atoms with E-state index in [9.17, 15) is 14.7 Å². The third kappa shape index (κ3) is 7.62. The number of hydrogen-bond donors (Lipinski definition) is 1. The van der Waals surface area contributed by atoms with Crippen molar-refractivity contribution in [3.8, 4) is 0 Å². The zero-order valence-electron chi connectivity index (χ0n) is 16.7. The van der Waals surface area contributed by atoms with Gasteiger partial charge in [-0.05, 0) is 48.9 Å². The lowest BCUT2D eigenvalue weighted by molar-refractivity contribution is -0.159. The Kier molecular flexibility index (Phi) is 8.17. The van der Waals surface area contributed by atoms with Crippen LogP contribution in [0, 0.1) is 35.0 Å². The first-order valence-electron chi connectivity index (χ1n) is 9.55. The summed E-state index contributed by atoms with van der Waals surface area (Å²) in [6.45, 7) is 13.7. The molecule has 0 saturated heterocycles. The second-order valence-electron chi connectivity index (χ2n) is 9.26. The monoisotopic (exact) mass is 352 g/mol. The van der Waals surface area contributed by atoms with Crippen molar-refractivity contribution in [2.45, 2.75) is 67.2 Å². The summed E-state index contributed by atoms with van der Waals surface area (Å²) in [5, 5.41) is 9.33. The summed E-state index contributed by atoms with van der Waals surface area (Å²) in [5.41, 5.74) is 0.237. The first kappa shape index (κ1) is 21.7. The number of ether oxygens (including phenoxy) is 1. The molecule has 0 aromatic rings. The molecule has 1 N–H and O–H groups in total. The van der Waals surface area contributed by atoms with Crippen LogP contribution in [-0.4, -0.2) is 23.7 Å². The van der Waals surface area contributed by atoms with Gasteiger partial charge in [0.15, 0.2) is 0 Å². The number of carboxylic acids is 1. The van der Waals surface area contributed by atoms with E-state index < -0.39 is 17.8 Å². The molecule has 144 valence electrons. The minimum atomic E-state index is -0.911. The molecule has 0 aliphatic heterocycles. The molecule has 4 unspecified atom stereocenters. The van der Waals surface area contributed by atoms with E-state index in [0.29, 0.717) is 37.2 Å². The fourth-order valence-corrected chi connectivity index (χ4v) is 3.85. The average molecular weight is 353 g/mol. The normalized spacial score (nSPS) is 23.3. The Balaban J connectivity index is 2.69. The number of carboxylic acid groups (broad SMARTS) is 1. The number of esters is 1. The molecule has 1 aliphatic rings. The van der Waals surface area contributed by atoms with Crippen molar-refractivity contribution in [2.24, 2.45) is 35.0 Å². The van der Waals surface area contributed by atoms with E-state index in [1.54, 1.807) is 0 Å². The smallest absolute Gasteiger partial charge is 0.310 e. The fourth-order valence-electron chi connectivity index (χ4n) is 3.85. The third-order valence-corrected chi connectivity index (χ3v) is 5.01. The maximum Gasteiger partial charge on any atom is 0.310 e. The standard InChI is InChI=1S/C21H36O4/c1-14(2)11-16(15(3)12-21(4,5)6)13-25-20(24)18-10-8-7-9-17(18)19(22)23/h7-8,14-18H,9-13H2,1-6H3,(H,22,23). The largest absolute Gasteiger partial charge is 0.481 e. The van der Waals surface area contributed by atoms with Crippen LogP contribution in [0.15, 0.2) is 12.2 Å². The van der Waals surface area contributed by atoms with E-state index in [2.05, 4.69) is 41.5 Å². The Morgan fingerprint density at radius 2 is 1.68 bits per heavy atom. The highest BCUT2D eigenvalue weighted by molar-refractivity contribution is 5.81. The van der Waals surface area contributed by atoms with E-state index >= 15 is 0 Å². The minimum Gasteiger partial charge on any atom is -0.481 e. The van der Waals surface area contributed by atoms with E-state index in [4.69, 9.17) is 4.74 Å². The van der Waals surface area contributed by atoms with Gasteiger partial charge in [-0.1, -0.05) is 53.7 Å². The Hall–Kier alpha value is -1.32. The lowest BCUT2D eigenvalue weighted by Crippen LogP contribution is -2.34. The summed E-state index contributed by atoms with van der Waals surface area (Å²) in [4.78, 5) is 23.9. The fraction of sp³-hybridized carbons (Fsp3) is 0.810. The summed E-state index contributed by atoms with van der Waals surface area (Å²) < 4.78 is 5.62. The molecule has 0 saturated carbocycles. The van der Waals surface area contributed by atoms with Gasteiger partial charge in [-0.3, -0.25) is 9.59 Å². The predicted molar refractivity (Wildman–Crippen MR) is 100 cm³/mol. The van der Waals surface area contributed by atoms with E-state index in [-0.39, 0.29) is 11.4 Å². The first-order valence-corrected chi connectivity index (χ1v) is 9.55. The maximum atomic E-state index is 12.5. The lowest BCUT2D eigenvalue weighted by Gasteiger charge is -2.31. The van der Waals surface area contributed by atoms with Crippen molar-refractivity contribution in [1.29, 1.82) is 0 Å². The zero-order chi connectivity index (χ0) is 19.2. The summed E-state index contributed by atoms with van der Waals surface area (Å²) in [6.07, 6.45) is 6.69. The summed E-state index contributed by atoms with van der Waals surface area (Å²) in [5.74, 6) is -1.18. The number of carbonyl (C=O) groups excluding carboxylic acids is 1. The van der Waals surface area contributed by atoms with Crippen LogP contribution in [-0.2, 0) is 14.3 Å². The van der Waals surface area contributed by atoms with E-state index in [0.717, 1.165) is 12.8 Å². The van der Waals surface area contributed by atoms with Crippen molar-refractivity contribution < 1.29 is 19.4 Å². The van der Waals surface area contributed by atoms with Crippen LogP contribution in [0.2, 0.25) is 0 Å². The quantitative estimate of drug-likeness (QED) is 0.497. The molecule has 4 atom stereocenters. The Morgan fingerprint density at radius 3 is 2.16 bits per heavy atom. The number of rotatable bonds is 8. The second-order valence-corrected chi connectivity index (χ2v) is 9.26. The molecule has 0 heterocycles. The molecule has 0 aromatic carbocycles. The minimum absolute atomic E-state index is 0.237. The Bertz CT molecular complexity index is 473. The second kappa shape index (κ2) is 9.40. The molecule has 0 radical (unpaired) electrons. The zero-order valence-corrected chi connectivity index (χ0v) is 16.7. The molecule has 25 heavy (non-hydrogen) atoms. The molecule has 0 bridgehead atoms. The van der Waals surface area contributed by atoms with Gasteiger partial charge < -0.3 is 9.84 Å². The van der Waals surface area contributed by atoms with E-state index in [1.807, 2.05) is 12.2 Å². The molecule has 0 spiro atoms. The van der Waals surface area contributed by atoms with Crippen molar-refractivity contribution in [2.75, 3.05) is 6.61 Å². The molecule has 0 fully saturated rings. The molecule has 0 aromatic heterocycles. The molecule has 4 nitrogen and oxygen atoms in total. The van der Waals surface area contributed by atoms with Crippen LogP contribution in [0.4, 0.5) is 0 Å². The van der Waals surface area contributed by atoms with Gasteiger partial charge >= 0.3 is 11.9 Å². The first-order chi connectivity index (χ1) is 11.5. The topological polar surface area (TPSA) is 63.6 Å². The average Bonchev–Trinajstić information content (AvgIpc) is 2.48. The predicted octanol–water partition coefficient (Wildman–Crippen LogP) is 4.93. The number of aliphatic carboxylic acids is 1. The van der Waals surface area contributed by atoms with Crippen LogP contribution in [0.25, 0.3) is 0 Å². The van der Waals surface area contributed by atoms with Gasteiger partial charge in [0.1, 0.15) is 0 Å². The SMILES string of the molecule is CC(C)CC(COC(=O)C1CC=CCC1C(=O)O)C(C)CC(C)(C)C. The third-order valence-electron chi connectivity index (χ3n) is 5.01. The van der Waals surface area contributed by atoms with E-state index in [1.165, 1.54) is 0 Å². The van der Waals surface area contributed by atoms with Crippen molar-refractivity contribution >= 4 is 11.9 Å². The van der Waals surface area contributed by atoms with Crippen LogP contribution in [0.3, 0.4) is 0 Å². The molecule has 1 rings (SSSR count). The van der Waals surface area contributed by atoms with Crippen LogP contribution < -0.4 is 0 Å². The lowest BCUT2D eigenvalue weighted by atomic mass is 9.77. The Morgan fingerprint density at radius 1 is 1.12 bits per heavy atom. The van der Waals surface area contributed by atoms with Gasteiger partial charge in [0.2, 0.25) is 0 Å². The van der Waals surface area contributed by atoms with Gasteiger partial charge in [0.25, 0.3) is 0 Å². The van der Waals surface area contributed by atoms with Crippen molar-refractivity contribution in [3.05, 3.63) is 12.2 Å². The molecule has 1 aliphatic carbocycles. The van der Waals surface area contributed by atoms with Gasteiger partial charge in [0.05, 0.1) is 18.4 Å². The van der Waals surface area contributed by atoms with Gasteiger partial charge in [0, 0.05) is 0 Å². The molecule has 0 amide bonds. The summed E-state index contributed by atoms with van der Waals surface area (Å²) >= 11 is 0. The highest BCUT2D eigenvalue weighted by Gasteiger charge is 2.35. The summed E-state index contributed by atoms with van der Waals surface area (Å²) in [6, 6.07) is 0. The van der Waals surface area contributed by atoms with Crippen LogP contribution in [0.1, 0.15) is 67.2 Å². The molecular weight excluding hydrogens is 316 g/mol. The maximum absolute atomic E-state index is 12.5. The number of carbonyl (C=O) groups is 2. The van der Waals surface area contributed by atoms with Crippen molar-refractivity contribution in [3.63, 3.8) is 0 Å². The summed E-state index contributed by atoms with van der Waals surface area (Å²) in [7, 11) is 0. The number of allylic oxidation sites excluding steroid dienone is 2. The van der Waals surface area contributed by atoms with Crippen LogP contribution >= 0.6 is 0 Å². The van der Waals surface area contributed by atoms with Crippen LogP contribution in [0.5, 0.6) is 0 Å². The van der Waals surface area contributed by atoms with Gasteiger partial charge in [-0.25, -0.2) is 0 Å². The highest BCUT2D eigenvalue weighted by atomic mass is 16.5. The van der Waals surface area contributed by atoms with Crippen molar-refractivity contribution in [1.82, 2.24) is 0 Å². The number of hydrogen-bond acceptors (Lipinski definition) is 3.